The first kappa shape index (κ1) is 34.3. The van der Waals surface area contributed by atoms with Gasteiger partial charge in [-0.15, -0.1) is 0 Å². The van der Waals surface area contributed by atoms with Crippen molar-refractivity contribution < 1.29 is 40.8 Å². The number of ether oxygens (including phenoxy) is 1. The van der Waals surface area contributed by atoms with Gasteiger partial charge in [0.1, 0.15) is 0 Å². The summed E-state index contributed by atoms with van der Waals surface area (Å²) in [5.41, 5.74) is -3.94. The summed E-state index contributed by atoms with van der Waals surface area (Å²) >= 11 is 0. The smallest absolute Gasteiger partial charge is 0.391 e. The molecule has 0 saturated carbocycles. The van der Waals surface area contributed by atoms with Gasteiger partial charge in [0.05, 0.1) is 17.9 Å². The van der Waals surface area contributed by atoms with Gasteiger partial charge in [-0.3, -0.25) is 9.35 Å². The van der Waals surface area contributed by atoms with Crippen LogP contribution in [-0.2, 0) is 25.3 Å². The van der Waals surface area contributed by atoms with Crippen molar-refractivity contribution >= 4 is 16.0 Å². The summed E-state index contributed by atoms with van der Waals surface area (Å²) in [4.78, 5) is 13.0. The first-order chi connectivity index (χ1) is 17.7. The zero-order valence-electron chi connectivity index (χ0n) is 22.7. The zero-order chi connectivity index (χ0) is 28.8. The fraction of sp³-hybridized carbons (Fsp3) is 0.741. The van der Waals surface area contributed by atoms with E-state index in [2.05, 4.69) is 13.8 Å². The molecule has 0 spiro atoms. The third-order valence-electron chi connectivity index (χ3n) is 6.66. The van der Waals surface area contributed by atoms with E-state index in [-0.39, 0.29) is 6.42 Å². The number of alkyl halides is 3. The summed E-state index contributed by atoms with van der Waals surface area (Å²) in [5, 5.41) is 12.6. The molecule has 2 unspecified atom stereocenters. The van der Waals surface area contributed by atoms with Crippen LogP contribution in [0.5, 0.6) is 0 Å². The van der Waals surface area contributed by atoms with Gasteiger partial charge in [-0.1, -0.05) is 108 Å². The number of carbonyl (C=O) groups excluding carboxylic acids is 1. The molecule has 0 fully saturated rings. The highest BCUT2D eigenvalue weighted by Gasteiger charge is 2.63. The van der Waals surface area contributed by atoms with E-state index in [9.17, 15) is 36.0 Å². The predicted octanol–water partition coefficient (Wildman–Crippen LogP) is 5.77. The monoisotopic (exact) mass is 567 g/mol. The molecule has 7 nitrogen and oxygen atoms in total. The van der Waals surface area contributed by atoms with Crippen LogP contribution in [0.1, 0.15) is 90.0 Å². The van der Waals surface area contributed by atoms with Crippen molar-refractivity contribution in [1.29, 1.82) is 0 Å². The maximum Gasteiger partial charge on any atom is 0.430 e. The summed E-state index contributed by atoms with van der Waals surface area (Å²) < 4.78 is 79.5. The quantitative estimate of drug-likeness (QED) is 0.145. The summed E-state index contributed by atoms with van der Waals surface area (Å²) in [6, 6.07) is 4.55. The number of carbonyl (C=O) groups is 1. The molecule has 3 atom stereocenters. The van der Waals surface area contributed by atoms with Crippen LogP contribution in [0.2, 0.25) is 0 Å². The second-order valence-corrected chi connectivity index (χ2v) is 11.8. The Morgan fingerprint density at radius 1 is 0.921 bits per heavy atom. The number of hydrogen-bond donors (Lipinski definition) is 3. The molecule has 0 aliphatic carbocycles. The molecule has 0 bridgehead atoms. The molecule has 1 aromatic rings. The molecule has 3 N–H and O–H groups in total. The number of amides is 1. The first-order valence-electron chi connectivity index (χ1n) is 13.4. The lowest BCUT2D eigenvalue weighted by atomic mass is 9.91. The molecule has 1 rings (SSSR count). The SMILES string of the molecule is CO[C@@](C(=O)NC(CS(=O)(=O)O)C(O)CCCCCCCCCCCC(C)C)(c1ccccc1)C(F)(F)F. The fourth-order valence-corrected chi connectivity index (χ4v) is 5.27. The summed E-state index contributed by atoms with van der Waals surface area (Å²) in [6.45, 7) is 4.44. The lowest BCUT2D eigenvalue weighted by molar-refractivity contribution is -0.266. The van der Waals surface area contributed by atoms with E-state index in [1.165, 1.54) is 43.9 Å². The molecule has 1 amide bonds. The minimum absolute atomic E-state index is 0.0486. The number of aliphatic hydroxyl groups excluding tert-OH is 1. The van der Waals surface area contributed by atoms with Crippen molar-refractivity contribution in [3.05, 3.63) is 35.9 Å². The number of rotatable bonds is 19. The first-order valence-corrected chi connectivity index (χ1v) is 15.0. The average Bonchev–Trinajstić information content (AvgIpc) is 2.81. The minimum Gasteiger partial charge on any atom is -0.391 e. The van der Waals surface area contributed by atoms with Crippen molar-refractivity contribution in [3.63, 3.8) is 0 Å². The largest absolute Gasteiger partial charge is 0.430 e. The molecule has 0 aliphatic rings. The van der Waals surface area contributed by atoms with Crippen molar-refractivity contribution in [2.75, 3.05) is 12.9 Å². The minimum atomic E-state index is -5.20. The van der Waals surface area contributed by atoms with Crippen LogP contribution in [-0.4, -0.2) is 55.2 Å². The van der Waals surface area contributed by atoms with Gasteiger partial charge >= 0.3 is 6.18 Å². The highest BCUT2D eigenvalue weighted by Crippen LogP contribution is 2.42. The molecule has 1 aromatic carbocycles. The van der Waals surface area contributed by atoms with Gasteiger partial charge in [0.15, 0.2) is 0 Å². The van der Waals surface area contributed by atoms with Crippen LogP contribution in [0.25, 0.3) is 0 Å². The molecule has 11 heteroatoms. The lowest BCUT2D eigenvalue weighted by Crippen LogP contribution is -2.60. The van der Waals surface area contributed by atoms with E-state index in [4.69, 9.17) is 4.74 Å². The Hall–Kier alpha value is -1.69. The van der Waals surface area contributed by atoms with E-state index in [0.29, 0.717) is 6.42 Å². The topological polar surface area (TPSA) is 113 Å². The van der Waals surface area contributed by atoms with Gasteiger partial charge in [0, 0.05) is 12.7 Å². The molecule has 0 heterocycles. The van der Waals surface area contributed by atoms with Crippen molar-refractivity contribution in [2.24, 2.45) is 5.92 Å². The number of halogens is 3. The van der Waals surface area contributed by atoms with Crippen LogP contribution in [0, 0.1) is 5.92 Å². The third-order valence-corrected chi connectivity index (χ3v) is 7.44. The highest BCUT2D eigenvalue weighted by atomic mass is 32.2. The van der Waals surface area contributed by atoms with E-state index in [0.717, 1.165) is 57.3 Å². The maximum atomic E-state index is 14.2. The van der Waals surface area contributed by atoms with Gasteiger partial charge in [0.25, 0.3) is 21.6 Å². The number of hydrogen-bond acceptors (Lipinski definition) is 5. The van der Waals surface area contributed by atoms with E-state index >= 15 is 0 Å². The molecule has 0 radical (unpaired) electrons. The van der Waals surface area contributed by atoms with Gasteiger partial charge in [-0.25, -0.2) is 0 Å². The van der Waals surface area contributed by atoms with Crippen LogP contribution in [0.4, 0.5) is 13.2 Å². The number of aliphatic hydroxyl groups is 1. The Labute approximate surface area is 225 Å². The summed E-state index contributed by atoms with van der Waals surface area (Å²) in [6.07, 6.45) is 3.70. The third kappa shape index (κ3) is 11.6. The predicted molar refractivity (Wildman–Crippen MR) is 141 cm³/mol. The molecule has 38 heavy (non-hydrogen) atoms. The van der Waals surface area contributed by atoms with Gasteiger partial charge in [-0.2, -0.15) is 21.6 Å². The Kier molecular flexibility index (Phi) is 14.8. The normalized spacial score (nSPS) is 15.7. The zero-order valence-corrected chi connectivity index (χ0v) is 23.5. The molecule has 0 saturated heterocycles. The van der Waals surface area contributed by atoms with Gasteiger partial charge in [-0.05, 0) is 12.3 Å². The van der Waals surface area contributed by atoms with Crippen molar-refractivity contribution in [1.82, 2.24) is 5.32 Å². The van der Waals surface area contributed by atoms with E-state index in [1.54, 1.807) is 0 Å². The Morgan fingerprint density at radius 2 is 1.39 bits per heavy atom. The Bertz CT molecular complexity index is 911. The Balaban J connectivity index is 2.71. The molecule has 0 aliphatic heterocycles. The van der Waals surface area contributed by atoms with Crippen molar-refractivity contribution in [3.8, 4) is 0 Å². The van der Waals surface area contributed by atoms with E-state index in [1.807, 2.05) is 5.32 Å². The average molecular weight is 568 g/mol. The Morgan fingerprint density at radius 3 is 1.82 bits per heavy atom. The summed E-state index contributed by atoms with van der Waals surface area (Å²) in [7, 11) is -4.00. The number of benzene rings is 1. The van der Waals surface area contributed by atoms with E-state index < -0.39 is 51.3 Å². The van der Waals surface area contributed by atoms with Crippen LogP contribution >= 0.6 is 0 Å². The summed E-state index contributed by atoms with van der Waals surface area (Å²) in [5.74, 6) is -2.09. The standard InChI is InChI=1S/C27H44F3NO6S/c1-21(2)16-12-9-7-5-4-6-8-10-15-19-24(32)23(20-38(34,35)36)31-25(33)26(37-3,27(28,29)30)22-17-13-11-14-18-22/h11,13-14,17-18,21,23-24,32H,4-10,12,15-16,19-20H2,1-3H3,(H,31,33)(H,34,35,36)/t23?,24?,26-/m1/s1. The second kappa shape index (κ2) is 16.4. The fourth-order valence-electron chi connectivity index (χ4n) is 4.51. The number of unbranched alkanes of at least 4 members (excludes halogenated alkanes) is 8. The molecular formula is C27H44F3NO6S. The van der Waals surface area contributed by atoms with Crippen LogP contribution in [0.3, 0.4) is 0 Å². The highest BCUT2D eigenvalue weighted by molar-refractivity contribution is 7.85. The number of nitrogens with one attached hydrogen (secondary N) is 1. The van der Waals surface area contributed by atoms with Crippen LogP contribution in [0.15, 0.2) is 30.3 Å². The van der Waals surface area contributed by atoms with Gasteiger partial charge in [0.2, 0.25) is 0 Å². The van der Waals surface area contributed by atoms with Crippen LogP contribution < -0.4 is 5.32 Å². The van der Waals surface area contributed by atoms with Crippen molar-refractivity contribution in [2.45, 2.75) is 108 Å². The second-order valence-electron chi connectivity index (χ2n) is 10.3. The molecular weight excluding hydrogens is 523 g/mol. The lowest BCUT2D eigenvalue weighted by Gasteiger charge is -2.35. The molecule has 0 aromatic heterocycles. The number of methoxy groups -OCH3 is 1. The maximum absolute atomic E-state index is 14.2. The molecule has 220 valence electrons. The van der Waals surface area contributed by atoms with Gasteiger partial charge < -0.3 is 15.2 Å².